The molecule has 2 aliphatic heterocycles. The van der Waals surface area contributed by atoms with Gasteiger partial charge < -0.3 is 19.7 Å². The molecule has 0 spiro atoms. The van der Waals surface area contributed by atoms with Crippen LogP contribution in [0, 0.1) is 5.92 Å². The number of methoxy groups -OCH3 is 1. The minimum absolute atomic E-state index is 0.00745. The number of ether oxygens (including phenoxy) is 2. The van der Waals surface area contributed by atoms with E-state index in [-0.39, 0.29) is 29.7 Å². The Morgan fingerprint density at radius 3 is 2.73 bits per heavy atom. The van der Waals surface area contributed by atoms with Crippen molar-refractivity contribution in [1.82, 2.24) is 10.2 Å². The summed E-state index contributed by atoms with van der Waals surface area (Å²) in [6.45, 7) is 4.48. The van der Waals surface area contributed by atoms with Gasteiger partial charge in [0.15, 0.2) is 0 Å². The number of nitrogens with one attached hydrogen (secondary N) is 1. The second kappa shape index (κ2) is 9.35. The summed E-state index contributed by atoms with van der Waals surface area (Å²) in [6, 6.07) is 7.44. The Morgan fingerprint density at radius 2 is 2.00 bits per heavy atom. The standard InChI is InChI=1S/C23H33N3O4/c1-29-20-7-5-6-19(15-20)26-16-18(14-21(26)27)22(28)24-17-23(8-3-2-4-9-23)25-10-12-30-13-11-25/h5-7,15,18H,2-4,8-14,16-17H2,1H3,(H,24,28)/t18-/m1/s1. The zero-order valence-corrected chi connectivity index (χ0v) is 17.9. The van der Waals surface area contributed by atoms with E-state index in [1.807, 2.05) is 24.3 Å². The second-order valence-electron chi connectivity index (χ2n) is 8.71. The average Bonchev–Trinajstić information content (AvgIpc) is 3.20. The van der Waals surface area contributed by atoms with Crippen LogP contribution in [0.25, 0.3) is 0 Å². The highest BCUT2D eigenvalue weighted by Crippen LogP contribution is 2.34. The quantitative estimate of drug-likeness (QED) is 0.771. The third kappa shape index (κ3) is 4.47. The molecule has 2 amide bonds. The minimum Gasteiger partial charge on any atom is -0.497 e. The first-order valence-electron chi connectivity index (χ1n) is 11.2. The summed E-state index contributed by atoms with van der Waals surface area (Å²) in [5.74, 6) is 0.378. The topological polar surface area (TPSA) is 71.1 Å². The molecule has 3 fully saturated rings. The molecule has 3 aliphatic rings. The van der Waals surface area contributed by atoms with Crippen LogP contribution in [0.5, 0.6) is 5.75 Å². The molecule has 7 nitrogen and oxygen atoms in total. The highest BCUT2D eigenvalue weighted by molar-refractivity contribution is 6.00. The van der Waals surface area contributed by atoms with Crippen LogP contribution in [0.2, 0.25) is 0 Å². The van der Waals surface area contributed by atoms with Crippen molar-refractivity contribution < 1.29 is 19.1 Å². The van der Waals surface area contributed by atoms with Gasteiger partial charge in [-0.05, 0) is 25.0 Å². The molecule has 1 aromatic carbocycles. The van der Waals surface area contributed by atoms with E-state index < -0.39 is 0 Å². The third-order valence-corrected chi connectivity index (χ3v) is 6.92. The monoisotopic (exact) mass is 415 g/mol. The van der Waals surface area contributed by atoms with Gasteiger partial charge in [-0.15, -0.1) is 0 Å². The molecule has 0 unspecified atom stereocenters. The van der Waals surface area contributed by atoms with E-state index in [4.69, 9.17) is 9.47 Å². The van der Waals surface area contributed by atoms with Crippen molar-refractivity contribution in [2.75, 3.05) is 51.4 Å². The molecule has 30 heavy (non-hydrogen) atoms. The van der Waals surface area contributed by atoms with Crippen LogP contribution in [-0.2, 0) is 14.3 Å². The Kier molecular flexibility index (Phi) is 6.58. The van der Waals surface area contributed by atoms with Gasteiger partial charge in [-0.3, -0.25) is 14.5 Å². The first-order valence-corrected chi connectivity index (χ1v) is 11.2. The van der Waals surface area contributed by atoms with Gasteiger partial charge in [-0.2, -0.15) is 0 Å². The van der Waals surface area contributed by atoms with Gasteiger partial charge in [0.1, 0.15) is 5.75 Å². The van der Waals surface area contributed by atoms with E-state index in [0.717, 1.165) is 44.8 Å². The molecule has 164 valence electrons. The lowest BCUT2D eigenvalue weighted by molar-refractivity contribution is -0.127. The highest BCUT2D eigenvalue weighted by Gasteiger charge is 2.40. The van der Waals surface area contributed by atoms with Gasteiger partial charge in [-0.1, -0.05) is 25.3 Å². The molecular formula is C23H33N3O4. The maximum absolute atomic E-state index is 13.0. The lowest BCUT2D eigenvalue weighted by Gasteiger charge is -2.48. The van der Waals surface area contributed by atoms with Gasteiger partial charge >= 0.3 is 0 Å². The van der Waals surface area contributed by atoms with Crippen molar-refractivity contribution in [2.45, 2.75) is 44.1 Å². The van der Waals surface area contributed by atoms with E-state index in [1.54, 1.807) is 12.0 Å². The summed E-state index contributed by atoms with van der Waals surface area (Å²) in [5.41, 5.74) is 0.819. The Hall–Kier alpha value is -2.12. The first-order chi connectivity index (χ1) is 14.6. The van der Waals surface area contributed by atoms with E-state index in [2.05, 4.69) is 10.2 Å². The number of rotatable bonds is 6. The number of nitrogens with zero attached hydrogens (tertiary/aromatic N) is 2. The Labute approximate surface area is 178 Å². The Balaban J connectivity index is 1.39. The predicted octanol–water partition coefficient (Wildman–Crippen LogP) is 2.20. The smallest absolute Gasteiger partial charge is 0.227 e. The molecule has 1 atom stereocenters. The summed E-state index contributed by atoms with van der Waals surface area (Å²) in [6.07, 6.45) is 6.18. The van der Waals surface area contributed by atoms with Gasteiger partial charge in [0.2, 0.25) is 11.8 Å². The number of anilines is 1. The van der Waals surface area contributed by atoms with Gasteiger partial charge in [0.25, 0.3) is 0 Å². The van der Waals surface area contributed by atoms with Crippen LogP contribution < -0.4 is 15.0 Å². The van der Waals surface area contributed by atoms with Crippen LogP contribution in [0.1, 0.15) is 38.5 Å². The molecule has 4 rings (SSSR count). The fourth-order valence-corrected chi connectivity index (χ4v) is 5.16. The fraction of sp³-hybridized carbons (Fsp3) is 0.652. The minimum atomic E-state index is -0.311. The highest BCUT2D eigenvalue weighted by atomic mass is 16.5. The molecule has 7 heteroatoms. The molecule has 1 aliphatic carbocycles. The predicted molar refractivity (Wildman–Crippen MR) is 115 cm³/mol. The number of amides is 2. The number of morpholine rings is 1. The molecule has 1 saturated carbocycles. The van der Waals surface area contributed by atoms with E-state index in [1.165, 1.54) is 19.3 Å². The summed E-state index contributed by atoms with van der Waals surface area (Å²) < 4.78 is 10.8. The maximum Gasteiger partial charge on any atom is 0.227 e. The summed E-state index contributed by atoms with van der Waals surface area (Å²) in [4.78, 5) is 29.8. The SMILES string of the molecule is COc1cccc(N2C[C@H](C(=O)NCC3(N4CCOCC4)CCCCC3)CC2=O)c1. The molecule has 1 N–H and O–H groups in total. The molecule has 2 saturated heterocycles. The normalized spacial score (nSPS) is 24.6. The number of carbonyl (C=O) groups excluding carboxylic acids is 2. The van der Waals surface area contributed by atoms with Crippen LogP contribution in [0.15, 0.2) is 24.3 Å². The third-order valence-electron chi connectivity index (χ3n) is 6.92. The van der Waals surface area contributed by atoms with Crippen molar-refractivity contribution >= 4 is 17.5 Å². The average molecular weight is 416 g/mol. The molecule has 0 bridgehead atoms. The zero-order valence-electron chi connectivity index (χ0n) is 17.9. The lowest BCUT2D eigenvalue weighted by atomic mass is 9.79. The fourth-order valence-electron chi connectivity index (χ4n) is 5.16. The summed E-state index contributed by atoms with van der Waals surface area (Å²) in [7, 11) is 1.61. The summed E-state index contributed by atoms with van der Waals surface area (Å²) >= 11 is 0. The zero-order chi connectivity index (χ0) is 21.0. The second-order valence-corrected chi connectivity index (χ2v) is 8.71. The maximum atomic E-state index is 13.0. The van der Waals surface area contributed by atoms with Crippen molar-refractivity contribution in [3.63, 3.8) is 0 Å². The van der Waals surface area contributed by atoms with E-state index >= 15 is 0 Å². The molecule has 0 aromatic heterocycles. The van der Waals surface area contributed by atoms with Crippen LogP contribution in [-0.4, -0.2) is 68.8 Å². The van der Waals surface area contributed by atoms with E-state index in [0.29, 0.717) is 18.8 Å². The number of hydrogen-bond acceptors (Lipinski definition) is 5. The number of carbonyl (C=O) groups is 2. The van der Waals surface area contributed by atoms with Crippen molar-refractivity contribution in [1.29, 1.82) is 0 Å². The van der Waals surface area contributed by atoms with Crippen LogP contribution >= 0.6 is 0 Å². The van der Waals surface area contributed by atoms with E-state index in [9.17, 15) is 9.59 Å². The van der Waals surface area contributed by atoms with Crippen molar-refractivity contribution in [2.24, 2.45) is 5.92 Å². The molecular weight excluding hydrogens is 382 g/mol. The lowest BCUT2D eigenvalue weighted by Crippen LogP contribution is -2.60. The molecule has 2 heterocycles. The number of benzene rings is 1. The Bertz CT molecular complexity index is 757. The molecule has 1 aromatic rings. The van der Waals surface area contributed by atoms with Crippen molar-refractivity contribution in [3.8, 4) is 5.75 Å². The largest absolute Gasteiger partial charge is 0.497 e. The van der Waals surface area contributed by atoms with Crippen molar-refractivity contribution in [3.05, 3.63) is 24.3 Å². The van der Waals surface area contributed by atoms with Gasteiger partial charge in [-0.25, -0.2) is 0 Å². The van der Waals surface area contributed by atoms with Gasteiger partial charge in [0.05, 0.1) is 26.2 Å². The van der Waals surface area contributed by atoms with Crippen LogP contribution in [0.3, 0.4) is 0 Å². The van der Waals surface area contributed by atoms with Gasteiger partial charge in [0, 0.05) is 49.9 Å². The Morgan fingerprint density at radius 1 is 1.23 bits per heavy atom. The molecule has 0 radical (unpaired) electrons. The first kappa shape index (κ1) is 21.1. The number of hydrogen-bond donors (Lipinski definition) is 1. The van der Waals surface area contributed by atoms with Crippen LogP contribution in [0.4, 0.5) is 5.69 Å². The summed E-state index contributed by atoms with van der Waals surface area (Å²) in [5, 5.41) is 3.22.